The summed E-state index contributed by atoms with van der Waals surface area (Å²) in [6.07, 6.45) is 1.31. The van der Waals surface area contributed by atoms with Crippen molar-refractivity contribution in [3.8, 4) is 0 Å². The monoisotopic (exact) mass is 322 g/mol. The third-order valence-corrected chi connectivity index (χ3v) is 3.52. The molecule has 1 atom stereocenters. The predicted molar refractivity (Wildman–Crippen MR) is 86.1 cm³/mol. The summed E-state index contributed by atoms with van der Waals surface area (Å²) in [5.41, 5.74) is 1.21. The normalized spacial score (nSPS) is 12.1. The minimum atomic E-state index is -0.632. The highest BCUT2D eigenvalue weighted by Crippen LogP contribution is 2.20. The number of carbonyl (C=O) groups excluding carboxylic acids is 2. The molecule has 0 aliphatic carbocycles. The summed E-state index contributed by atoms with van der Waals surface area (Å²) in [4.78, 5) is 27.2. The van der Waals surface area contributed by atoms with Gasteiger partial charge in [-0.15, -0.1) is 0 Å². The summed E-state index contributed by atoms with van der Waals surface area (Å²) < 4.78 is 4.99. The topological polar surface area (TPSA) is 71.2 Å². The highest BCUT2D eigenvalue weighted by Gasteiger charge is 2.22. The Bertz CT molecular complexity index is 681. The van der Waals surface area contributed by atoms with E-state index in [2.05, 4.69) is 10.3 Å². The van der Waals surface area contributed by atoms with E-state index in [-0.39, 0.29) is 5.91 Å². The van der Waals surface area contributed by atoms with Gasteiger partial charge >= 0.3 is 5.97 Å². The number of rotatable bonds is 6. The predicted octanol–water partition coefficient (Wildman–Crippen LogP) is 3.28. The van der Waals surface area contributed by atoms with E-state index in [9.17, 15) is 9.59 Å². The number of amides is 1. The van der Waals surface area contributed by atoms with Crippen LogP contribution in [-0.2, 0) is 9.53 Å². The second-order valence-electron chi connectivity index (χ2n) is 4.98. The summed E-state index contributed by atoms with van der Waals surface area (Å²) in [6, 6.07) is 6.42. The summed E-state index contributed by atoms with van der Waals surface area (Å²) in [5.74, 6) is -0.740. The Hall–Kier alpha value is -2.01. The maximum atomic E-state index is 12.3. The number of hydrogen-bond acceptors (Lipinski definition) is 3. The summed E-state index contributed by atoms with van der Waals surface area (Å²) in [5, 5.41) is 4.17. The van der Waals surface area contributed by atoms with E-state index < -0.39 is 12.0 Å². The van der Waals surface area contributed by atoms with Gasteiger partial charge in [0.05, 0.1) is 6.61 Å². The quantitative estimate of drug-likeness (QED) is 0.802. The number of ether oxygens (including phenoxy) is 1. The number of fused-ring (bicyclic) bond motifs is 1. The van der Waals surface area contributed by atoms with Crippen LogP contribution in [0.3, 0.4) is 0 Å². The van der Waals surface area contributed by atoms with Crippen molar-refractivity contribution in [1.29, 1.82) is 0 Å². The van der Waals surface area contributed by atoms with E-state index in [4.69, 9.17) is 16.3 Å². The molecule has 0 radical (unpaired) electrons. The molecule has 5 nitrogen and oxygen atoms in total. The van der Waals surface area contributed by atoms with Gasteiger partial charge in [-0.2, -0.15) is 0 Å². The van der Waals surface area contributed by atoms with Gasteiger partial charge in [0, 0.05) is 15.9 Å². The zero-order chi connectivity index (χ0) is 16.1. The molecule has 1 aromatic heterocycles. The fraction of sp³-hybridized carbons (Fsp3) is 0.375. The van der Waals surface area contributed by atoms with E-state index in [1.54, 1.807) is 25.1 Å². The van der Waals surface area contributed by atoms with Gasteiger partial charge in [0.25, 0.3) is 5.91 Å². The SMILES string of the molecule is CCCC(NC(=O)c1cc2cc(Cl)ccc2[nH]1)C(=O)OCC. The average Bonchev–Trinajstić information content (AvgIpc) is 2.90. The van der Waals surface area contributed by atoms with Crippen molar-refractivity contribution in [2.24, 2.45) is 0 Å². The van der Waals surface area contributed by atoms with Gasteiger partial charge in [-0.1, -0.05) is 24.9 Å². The molecule has 1 unspecified atom stereocenters. The van der Waals surface area contributed by atoms with Crippen LogP contribution in [-0.4, -0.2) is 29.5 Å². The van der Waals surface area contributed by atoms with Gasteiger partial charge in [-0.05, 0) is 37.6 Å². The molecular formula is C16H19ClN2O3. The van der Waals surface area contributed by atoms with Crippen LogP contribution < -0.4 is 5.32 Å². The van der Waals surface area contributed by atoms with Crippen LogP contribution in [0.5, 0.6) is 0 Å². The molecule has 0 aliphatic rings. The first-order valence-corrected chi connectivity index (χ1v) is 7.68. The van der Waals surface area contributed by atoms with Crippen LogP contribution in [0.25, 0.3) is 10.9 Å². The number of aromatic amines is 1. The van der Waals surface area contributed by atoms with Crippen LogP contribution in [0.2, 0.25) is 5.02 Å². The van der Waals surface area contributed by atoms with Gasteiger partial charge in [0.2, 0.25) is 0 Å². The van der Waals surface area contributed by atoms with Crippen molar-refractivity contribution in [3.63, 3.8) is 0 Å². The molecule has 2 aromatic rings. The van der Waals surface area contributed by atoms with E-state index in [0.717, 1.165) is 17.3 Å². The van der Waals surface area contributed by atoms with E-state index in [1.165, 1.54) is 0 Å². The van der Waals surface area contributed by atoms with Gasteiger partial charge in [-0.25, -0.2) is 4.79 Å². The molecule has 2 N–H and O–H groups in total. The van der Waals surface area contributed by atoms with Crippen molar-refractivity contribution in [3.05, 3.63) is 35.0 Å². The highest BCUT2D eigenvalue weighted by molar-refractivity contribution is 6.31. The number of halogens is 1. The maximum Gasteiger partial charge on any atom is 0.328 e. The molecule has 0 bridgehead atoms. The molecule has 0 aliphatic heterocycles. The molecule has 2 rings (SSSR count). The molecule has 0 spiro atoms. The Morgan fingerprint density at radius 1 is 1.32 bits per heavy atom. The Morgan fingerprint density at radius 2 is 2.09 bits per heavy atom. The van der Waals surface area contributed by atoms with Gasteiger partial charge in [0.15, 0.2) is 0 Å². The second-order valence-corrected chi connectivity index (χ2v) is 5.42. The van der Waals surface area contributed by atoms with Crippen molar-refractivity contribution >= 4 is 34.4 Å². The van der Waals surface area contributed by atoms with E-state index in [1.807, 2.05) is 13.0 Å². The number of esters is 1. The number of benzene rings is 1. The first-order valence-electron chi connectivity index (χ1n) is 7.31. The Labute approximate surface area is 134 Å². The number of H-pyrrole nitrogens is 1. The lowest BCUT2D eigenvalue weighted by Gasteiger charge is -2.15. The van der Waals surface area contributed by atoms with Gasteiger partial charge in [-0.3, -0.25) is 4.79 Å². The van der Waals surface area contributed by atoms with Crippen molar-refractivity contribution in [2.45, 2.75) is 32.7 Å². The van der Waals surface area contributed by atoms with Crippen molar-refractivity contribution < 1.29 is 14.3 Å². The summed E-state index contributed by atoms with van der Waals surface area (Å²) >= 11 is 5.93. The average molecular weight is 323 g/mol. The molecular weight excluding hydrogens is 304 g/mol. The minimum Gasteiger partial charge on any atom is -0.464 e. The van der Waals surface area contributed by atoms with E-state index in [0.29, 0.717) is 23.7 Å². The first kappa shape index (κ1) is 16.4. The summed E-state index contributed by atoms with van der Waals surface area (Å²) in [7, 11) is 0. The van der Waals surface area contributed by atoms with Crippen molar-refractivity contribution in [1.82, 2.24) is 10.3 Å². The van der Waals surface area contributed by atoms with Crippen LogP contribution in [0.4, 0.5) is 0 Å². The van der Waals surface area contributed by atoms with Gasteiger partial charge < -0.3 is 15.0 Å². The Morgan fingerprint density at radius 3 is 2.77 bits per heavy atom. The number of aromatic nitrogens is 1. The fourth-order valence-corrected chi connectivity index (χ4v) is 2.42. The lowest BCUT2D eigenvalue weighted by atomic mass is 10.1. The largest absolute Gasteiger partial charge is 0.464 e. The van der Waals surface area contributed by atoms with Crippen LogP contribution in [0.1, 0.15) is 37.2 Å². The van der Waals surface area contributed by atoms with Crippen LogP contribution in [0.15, 0.2) is 24.3 Å². The van der Waals surface area contributed by atoms with Crippen molar-refractivity contribution in [2.75, 3.05) is 6.61 Å². The zero-order valence-electron chi connectivity index (χ0n) is 12.6. The zero-order valence-corrected chi connectivity index (χ0v) is 13.4. The van der Waals surface area contributed by atoms with Crippen LogP contribution >= 0.6 is 11.6 Å². The number of hydrogen-bond donors (Lipinski definition) is 2. The lowest BCUT2D eigenvalue weighted by Crippen LogP contribution is -2.41. The third-order valence-electron chi connectivity index (χ3n) is 3.28. The highest BCUT2D eigenvalue weighted by atomic mass is 35.5. The molecule has 6 heteroatoms. The molecule has 0 saturated carbocycles. The molecule has 118 valence electrons. The minimum absolute atomic E-state index is 0.291. The standard InChI is InChI=1S/C16H19ClN2O3/c1-3-5-13(16(21)22-4-2)19-15(20)14-9-10-8-11(17)6-7-12(10)18-14/h6-9,13,18H,3-5H2,1-2H3,(H,19,20). The van der Waals surface area contributed by atoms with Gasteiger partial charge in [0.1, 0.15) is 11.7 Å². The molecule has 1 amide bonds. The smallest absolute Gasteiger partial charge is 0.328 e. The Balaban J connectivity index is 2.15. The van der Waals surface area contributed by atoms with Crippen LogP contribution in [0, 0.1) is 0 Å². The number of carbonyl (C=O) groups is 2. The molecule has 0 fully saturated rings. The molecule has 0 saturated heterocycles. The van der Waals surface area contributed by atoms with E-state index >= 15 is 0 Å². The second kappa shape index (κ2) is 7.31. The fourth-order valence-electron chi connectivity index (χ4n) is 2.24. The lowest BCUT2D eigenvalue weighted by molar-refractivity contribution is -0.145. The number of nitrogens with one attached hydrogen (secondary N) is 2. The first-order chi connectivity index (χ1) is 10.5. The summed E-state index contributed by atoms with van der Waals surface area (Å²) in [6.45, 7) is 3.98. The molecule has 1 heterocycles. The molecule has 22 heavy (non-hydrogen) atoms. The maximum absolute atomic E-state index is 12.3. The molecule has 1 aromatic carbocycles. The third kappa shape index (κ3) is 3.80. The Kier molecular flexibility index (Phi) is 5.44.